The van der Waals surface area contributed by atoms with Crippen molar-refractivity contribution in [2.45, 2.75) is 45.8 Å². The summed E-state index contributed by atoms with van der Waals surface area (Å²) >= 11 is 1.55. The molecule has 1 aromatic carbocycles. The molecule has 0 spiro atoms. The quantitative estimate of drug-likeness (QED) is 0.513. The standard InChI is InChI=1S/C21H27N3O5S/c1-13-6-7-17-15(10-13)18(25)14(12-28-17)11-22-24-19(26)16(8-9-30-5)23-20(27)29-21(2,3)4/h6-7,10-12,16H,8-9H2,1-5H3,(H,23,27)(H,24,26)/b22-11+/t16-/m0/s1. The molecule has 1 heterocycles. The van der Waals surface area contributed by atoms with E-state index in [1.807, 2.05) is 19.2 Å². The Morgan fingerprint density at radius 1 is 1.33 bits per heavy atom. The highest BCUT2D eigenvalue weighted by Crippen LogP contribution is 2.12. The van der Waals surface area contributed by atoms with E-state index < -0.39 is 23.6 Å². The maximum atomic E-state index is 12.6. The van der Waals surface area contributed by atoms with Crippen molar-refractivity contribution in [1.82, 2.24) is 10.7 Å². The summed E-state index contributed by atoms with van der Waals surface area (Å²) in [7, 11) is 0. The largest absolute Gasteiger partial charge is 0.463 e. The van der Waals surface area contributed by atoms with Gasteiger partial charge in [0.15, 0.2) is 0 Å². The molecule has 0 saturated carbocycles. The lowest BCUT2D eigenvalue weighted by atomic mass is 10.1. The molecule has 1 aromatic heterocycles. The fourth-order valence-electron chi connectivity index (χ4n) is 2.55. The van der Waals surface area contributed by atoms with Gasteiger partial charge in [-0.3, -0.25) is 9.59 Å². The van der Waals surface area contributed by atoms with E-state index in [9.17, 15) is 14.4 Å². The number of nitrogens with one attached hydrogen (secondary N) is 2. The van der Waals surface area contributed by atoms with E-state index in [0.717, 1.165) is 5.56 Å². The van der Waals surface area contributed by atoms with Crippen LogP contribution in [0.25, 0.3) is 11.0 Å². The smallest absolute Gasteiger partial charge is 0.408 e. The molecule has 0 fully saturated rings. The molecule has 2 aromatic rings. The van der Waals surface area contributed by atoms with Gasteiger partial charge in [-0.25, -0.2) is 10.2 Å². The highest BCUT2D eigenvalue weighted by molar-refractivity contribution is 7.98. The molecule has 9 heteroatoms. The fourth-order valence-corrected chi connectivity index (χ4v) is 3.02. The molecule has 1 atom stereocenters. The number of carbonyl (C=O) groups is 2. The monoisotopic (exact) mass is 433 g/mol. The van der Waals surface area contributed by atoms with Crippen LogP contribution >= 0.6 is 11.8 Å². The van der Waals surface area contributed by atoms with Crippen LogP contribution in [0.5, 0.6) is 0 Å². The lowest BCUT2D eigenvalue weighted by molar-refractivity contribution is -0.123. The summed E-state index contributed by atoms with van der Waals surface area (Å²) < 4.78 is 10.7. The molecule has 162 valence electrons. The number of thioether (sulfide) groups is 1. The first kappa shape index (κ1) is 23.5. The number of hydrazone groups is 1. The summed E-state index contributed by atoms with van der Waals surface area (Å²) in [5.41, 5.74) is 3.06. The first-order valence-corrected chi connectivity index (χ1v) is 10.8. The summed E-state index contributed by atoms with van der Waals surface area (Å²) in [5.74, 6) is 0.151. The Kier molecular flexibility index (Phi) is 8.05. The Labute approximate surface area is 179 Å². The van der Waals surface area contributed by atoms with Crippen LogP contribution in [0.2, 0.25) is 0 Å². The molecule has 2 rings (SSSR count). The maximum absolute atomic E-state index is 12.6. The van der Waals surface area contributed by atoms with Gasteiger partial charge in [-0.1, -0.05) is 11.6 Å². The predicted molar refractivity (Wildman–Crippen MR) is 119 cm³/mol. The van der Waals surface area contributed by atoms with Gasteiger partial charge in [0.25, 0.3) is 5.91 Å². The van der Waals surface area contributed by atoms with Crippen molar-refractivity contribution in [3.8, 4) is 0 Å². The molecule has 8 nitrogen and oxygen atoms in total. The van der Waals surface area contributed by atoms with Gasteiger partial charge in [-0.05, 0) is 58.3 Å². The van der Waals surface area contributed by atoms with Gasteiger partial charge < -0.3 is 14.5 Å². The minimum absolute atomic E-state index is 0.203. The molecule has 0 radical (unpaired) electrons. The molecule has 30 heavy (non-hydrogen) atoms. The van der Waals surface area contributed by atoms with Crippen molar-refractivity contribution in [2.75, 3.05) is 12.0 Å². The van der Waals surface area contributed by atoms with Crippen LogP contribution in [0.3, 0.4) is 0 Å². The first-order chi connectivity index (χ1) is 14.1. The van der Waals surface area contributed by atoms with Gasteiger partial charge in [-0.2, -0.15) is 16.9 Å². The Balaban J connectivity index is 2.09. The SMILES string of the molecule is CSCC[C@H](NC(=O)OC(C)(C)C)C(=O)N/N=C/c1coc2ccc(C)cc2c1=O. The predicted octanol–water partition coefficient (Wildman–Crippen LogP) is 3.20. The first-order valence-electron chi connectivity index (χ1n) is 9.44. The van der Waals surface area contributed by atoms with Crippen molar-refractivity contribution in [1.29, 1.82) is 0 Å². The number of ether oxygens (including phenoxy) is 1. The highest BCUT2D eigenvalue weighted by atomic mass is 32.2. The van der Waals surface area contributed by atoms with Crippen LogP contribution in [0, 0.1) is 6.92 Å². The topological polar surface area (TPSA) is 110 Å². The van der Waals surface area contributed by atoms with Gasteiger partial charge in [0.1, 0.15) is 23.5 Å². The molecule has 0 unspecified atom stereocenters. The summed E-state index contributed by atoms with van der Waals surface area (Å²) in [6.45, 7) is 7.10. The maximum Gasteiger partial charge on any atom is 0.408 e. The molecule has 2 amide bonds. The van der Waals surface area contributed by atoms with E-state index in [1.54, 1.807) is 44.7 Å². The number of amides is 2. The second-order valence-electron chi connectivity index (χ2n) is 7.73. The van der Waals surface area contributed by atoms with Crippen LogP contribution in [-0.2, 0) is 9.53 Å². The van der Waals surface area contributed by atoms with Crippen molar-refractivity contribution in [3.63, 3.8) is 0 Å². The van der Waals surface area contributed by atoms with Crippen LogP contribution in [0.15, 0.2) is 38.8 Å². The third-order valence-corrected chi connectivity index (χ3v) is 4.60. The minimum atomic E-state index is -0.819. The van der Waals surface area contributed by atoms with Crippen molar-refractivity contribution < 1.29 is 18.7 Å². The average molecular weight is 434 g/mol. The van der Waals surface area contributed by atoms with E-state index in [-0.39, 0.29) is 11.0 Å². The Morgan fingerprint density at radius 3 is 2.73 bits per heavy atom. The second-order valence-corrected chi connectivity index (χ2v) is 8.72. The molecule has 0 aliphatic carbocycles. The number of alkyl carbamates (subject to hydrolysis) is 1. The number of hydrogen-bond donors (Lipinski definition) is 2. The third-order valence-electron chi connectivity index (χ3n) is 3.95. The van der Waals surface area contributed by atoms with E-state index in [0.29, 0.717) is 23.1 Å². The highest BCUT2D eigenvalue weighted by Gasteiger charge is 2.24. The van der Waals surface area contributed by atoms with Gasteiger partial charge in [-0.15, -0.1) is 0 Å². The zero-order valence-electron chi connectivity index (χ0n) is 17.8. The Bertz CT molecular complexity index is 994. The van der Waals surface area contributed by atoms with Crippen LogP contribution in [-0.4, -0.2) is 41.9 Å². The summed E-state index contributed by atoms with van der Waals surface area (Å²) in [5, 5.41) is 6.86. The summed E-state index contributed by atoms with van der Waals surface area (Å²) in [6.07, 6.45) is 4.14. The fraction of sp³-hybridized carbons (Fsp3) is 0.429. The lowest BCUT2D eigenvalue weighted by Crippen LogP contribution is -2.47. The Hall–Kier alpha value is -2.81. The van der Waals surface area contributed by atoms with Crippen molar-refractivity contribution >= 4 is 40.9 Å². The Morgan fingerprint density at radius 2 is 2.07 bits per heavy atom. The molecular weight excluding hydrogens is 406 g/mol. The number of nitrogens with zero attached hydrogens (tertiary/aromatic N) is 1. The second kappa shape index (κ2) is 10.3. The van der Waals surface area contributed by atoms with E-state index in [1.165, 1.54) is 12.5 Å². The van der Waals surface area contributed by atoms with Gasteiger partial charge in [0, 0.05) is 0 Å². The molecule has 0 bridgehead atoms. The molecule has 2 N–H and O–H groups in total. The normalized spacial score (nSPS) is 12.7. The van der Waals surface area contributed by atoms with Gasteiger partial charge in [0.05, 0.1) is 17.2 Å². The zero-order chi connectivity index (χ0) is 22.3. The molecule has 0 aliphatic heterocycles. The van der Waals surface area contributed by atoms with Crippen LogP contribution in [0.4, 0.5) is 4.79 Å². The van der Waals surface area contributed by atoms with Crippen molar-refractivity contribution in [3.05, 3.63) is 45.8 Å². The average Bonchev–Trinajstić information content (AvgIpc) is 2.65. The van der Waals surface area contributed by atoms with Gasteiger partial charge in [0.2, 0.25) is 5.43 Å². The lowest BCUT2D eigenvalue weighted by Gasteiger charge is -2.22. The number of rotatable bonds is 7. The van der Waals surface area contributed by atoms with Crippen LogP contribution in [0.1, 0.15) is 38.3 Å². The number of benzene rings is 1. The number of aryl methyl sites for hydroxylation is 1. The van der Waals surface area contributed by atoms with E-state index in [4.69, 9.17) is 9.15 Å². The molecule has 0 saturated heterocycles. The van der Waals surface area contributed by atoms with E-state index in [2.05, 4.69) is 15.8 Å². The summed E-state index contributed by atoms with van der Waals surface area (Å²) in [6, 6.07) is 4.50. The van der Waals surface area contributed by atoms with E-state index >= 15 is 0 Å². The van der Waals surface area contributed by atoms with Crippen molar-refractivity contribution in [2.24, 2.45) is 5.10 Å². The minimum Gasteiger partial charge on any atom is -0.463 e. The van der Waals surface area contributed by atoms with Gasteiger partial charge >= 0.3 is 6.09 Å². The number of carbonyl (C=O) groups excluding carboxylic acids is 2. The molecule has 0 aliphatic rings. The molecular formula is C21H27N3O5S. The third kappa shape index (κ3) is 6.91. The zero-order valence-corrected chi connectivity index (χ0v) is 18.6. The summed E-state index contributed by atoms with van der Waals surface area (Å²) in [4.78, 5) is 37.1. The number of fused-ring (bicyclic) bond motifs is 1. The number of hydrogen-bond acceptors (Lipinski definition) is 7. The van der Waals surface area contributed by atoms with Crippen LogP contribution < -0.4 is 16.2 Å².